The van der Waals surface area contributed by atoms with Gasteiger partial charge in [0.1, 0.15) is 0 Å². The normalized spacial score (nSPS) is 10.7. The lowest BCUT2D eigenvalue weighted by Gasteiger charge is -2.13. The fourth-order valence-corrected chi connectivity index (χ4v) is 2.18. The Morgan fingerprint density at radius 3 is 2.41 bits per heavy atom. The number of benzene rings is 2. The van der Waals surface area contributed by atoms with Crippen molar-refractivity contribution in [2.24, 2.45) is 0 Å². The maximum atomic E-state index is 12.1. The van der Waals surface area contributed by atoms with Gasteiger partial charge in [0.15, 0.2) is 17.3 Å². The van der Waals surface area contributed by atoms with Crippen molar-refractivity contribution in [2.45, 2.75) is 6.92 Å². The van der Waals surface area contributed by atoms with Crippen LogP contribution >= 0.6 is 0 Å². The SMILES string of the molecule is COc1cc(C=CC(=O)c2ccccc2)c(C)c(OC)c1O. The van der Waals surface area contributed by atoms with E-state index in [1.165, 1.54) is 20.3 Å². The molecule has 0 spiro atoms. The molecule has 22 heavy (non-hydrogen) atoms. The van der Waals surface area contributed by atoms with Crippen molar-refractivity contribution in [1.29, 1.82) is 0 Å². The van der Waals surface area contributed by atoms with Gasteiger partial charge in [-0.05, 0) is 24.6 Å². The number of aromatic hydroxyl groups is 1. The summed E-state index contributed by atoms with van der Waals surface area (Å²) in [5.74, 6) is 0.500. The second kappa shape index (κ2) is 6.80. The highest BCUT2D eigenvalue weighted by molar-refractivity contribution is 6.06. The van der Waals surface area contributed by atoms with Crippen molar-refractivity contribution in [2.75, 3.05) is 14.2 Å². The Bertz CT molecular complexity index is 703. The number of hydrogen-bond acceptors (Lipinski definition) is 4. The molecule has 0 aliphatic heterocycles. The molecule has 0 saturated heterocycles. The molecule has 0 saturated carbocycles. The predicted molar refractivity (Wildman–Crippen MR) is 85.8 cm³/mol. The summed E-state index contributed by atoms with van der Waals surface area (Å²) in [4.78, 5) is 12.1. The maximum Gasteiger partial charge on any atom is 0.201 e. The van der Waals surface area contributed by atoms with Gasteiger partial charge in [-0.1, -0.05) is 36.4 Å². The van der Waals surface area contributed by atoms with Crippen LogP contribution in [0.15, 0.2) is 42.5 Å². The minimum Gasteiger partial charge on any atom is -0.502 e. The van der Waals surface area contributed by atoms with Crippen LogP contribution in [0.4, 0.5) is 0 Å². The zero-order valence-electron chi connectivity index (χ0n) is 12.8. The number of carbonyl (C=O) groups is 1. The number of rotatable bonds is 5. The Morgan fingerprint density at radius 2 is 1.82 bits per heavy atom. The van der Waals surface area contributed by atoms with Crippen LogP contribution in [0.5, 0.6) is 17.2 Å². The van der Waals surface area contributed by atoms with Crippen LogP contribution in [-0.4, -0.2) is 25.1 Å². The Morgan fingerprint density at radius 1 is 1.14 bits per heavy atom. The summed E-state index contributed by atoms with van der Waals surface area (Å²) in [6.07, 6.45) is 3.18. The number of phenols is 1. The van der Waals surface area contributed by atoms with E-state index in [9.17, 15) is 9.90 Å². The van der Waals surface area contributed by atoms with Gasteiger partial charge >= 0.3 is 0 Å². The van der Waals surface area contributed by atoms with Crippen LogP contribution in [0.2, 0.25) is 0 Å². The minimum atomic E-state index is -0.0917. The van der Waals surface area contributed by atoms with E-state index in [-0.39, 0.29) is 11.5 Å². The van der Waals surface area contributed by atoms with E-state index in [4.69, 9.17) is 9.47 Å². The lowest BCUT2D eigenvalue weighted by atomic mass is 10.0. The zero-order chi connectivity index (χ0) is 16.1. The molecule has 2 aromatic rings. The number of methoxy groups -OCH3 is 2. The second-order valence-corrected chi connectivity index (χ2v) is 4.74. The predicted octanol–water partition coefficient (Wildman–Crippen LogP) is 3.61. The molecule has 0 bridgehead atoms. The van der Waals surface area contributed by atoms with Gasteiger partial charge in [0.2, 0.25) is 5.75 Å². The fraction of sp³-hybridized carbons (Fsp3) is 0.167. The molecule has 0 amide bonds. The molecule has 0 aliphatic rings. The number of hydrogen-bond donors (Lipinski definition) is 1. The van der Waals surface area contributed by atoms with Crippen LogP contribution in [0, 0.1) is 6.92 Å². The van der Waals surface area contributed by atoms with Gasteiger partial charge in [-0.25, -0.2) is 0 Å². The van der Waals surface area contributed by atoms with Gasteiger partial charge in [-0.2, -0.15) is 0 Å². The fourth-order valence-electron chi connectivity index (χ4n) is 2.18. The van der Waals surface area contributed by atoms with Crippen LogP contribution in [0.1, 0.15) is 21.5 Å². The highest BCUT2D eigenvalue weighted by atomic mass is 16.5. The maximum absolute atomic E-state index is 12.1. The molecule has 1 N–H and O–H groups in total. The first-order chi connectivity index (χ1) is 10.6. The first kappa shape index (κ1) is 15.6. The van der Waals surface area contributed by atoms with Crippen LogP contribution in [0.3, 0.4) is 0 Å². The van der Waals surface area contributed by atoms with E-state index >= 15 is 0 Å². The third kappa shape index (κ3) is 3.11. The summed E-state index contributed by atoms with van der Waals surface area (Å²) in [6.45, 7) is 1.81. The molecule has 0 heterocycles. The summed E-state index contributed by atoms with van der Waals surface area (Å²) in [5, 5.41) is 10.0. The number of ether oxygens (including phenoxy) is 2. The van der Waals surface area contributed by atoms with Crippen molar-refractivity contribution >= 4 is 11.9 Å². The molecular formula is C18H18O4. The molecule has 0 unspecified atom stereocenters. The van der Waals surface area contributed by atoms with E-state index in [1.54, 1.807) is 24.3 Å². The Hall–Kier alpha value is -2.75. The standard InChI is InChI=1S/C18H18O4/c1-12-14(11-16(21-2)17(20)18(12)22-3)9-10-15(19)13-7-5-4-6-8-13/h4-11,20H,1-3H3. The molecule has 2 aromatic carbocycles. The Balaban J connectivity index is 2.37. The molecule has 0 atom stereocenters. The highest BCUT2D eigenvalue weighted by Gasteiger charge is 2.15. The monoisotopic (exact) mass is 298 g/mol. The van der Waals surface area contributed by atoms with E-state index in [0.717, 1.165) is 11.1 Å². The Kier molecular flexibility index (Phi) is 4.84. The van der Waals surface area contributed by atoms with E-state index in [2.05, 4.69) is 0 Å². The zero-order valence-corrected chi connectivity index (χ0v) is 12.8. The quantitative estimate of drug-likeness (QED) is 0.676. The molecule has 0 radical (unpaired) electrons. The number of carbonyl (C=O) groups excluding carboxylic acids is 1. The van der Waals surface area contributed by atoms with Crippen molar-refractivity contribution in [3.8, 4) is 17.2 Å². The Labute approximate surface area is 129 Å². The summed E-state index contributed by atoms with van der Waals surface area (Å²) >= 11 is 0. The van der Waals surface area contributed by atoms with Crippen molar-refractivity contribution in [3.63, 3.8) is 0 Å². The third-order valence-corrected chi connectivity index (χ3v) is 3.41. The molecule has 0 fully saturated rings. The average Bonchev–Trinajstić information content (AvgIpc) is 2.55. The second-order valence-electron chi connectivity index (χ2n) is 4.74. The largest absolute Gasteiger partial charge is 0.502 e. The summed E-state index contributed by atoms with van der Waals surface area (Å²) in [5.41, 5.74) is 2.10. The highest BCUT2D eigenvalue weighted by Crippen LogP contribution is 2.40. The number of allylic oxidation sites excluding steroid dienone is 1. The van der Waals surface area contributed by atoms with Crippen LogP contribution < -0.4 is 9.47 Å². The van der Waals surface area contributed by atoms with Crippen LogP contribution in [0.25, 0.3) is 6.08 Å². The summed E-state index contributed by atoms with van der Waals surface area (Å²) < 4.78 is 10.3. The molecule has 114 valence electrons. The molecule has 2 rings (SSSR count). The van der Waals surface area contributed by atoms with Gasteiger partial charge in [-0.15, -0.1) is 0 Å². The third-order valence-electron chi connectivity index (χ3n) is 3.41. The molecule has 4 heteroatoms. The van der Waals surface area contributed by atoms with Gasteiger partial charge in [0.05, 0.1) is 14.2 Å². The number of phenolic OH excluding ortho intramolecular Hbond substituents is 1. The lowest BCUT2D eigenvalue weighted by Crippen LogP contribution is -1.96. The van der Waals surface area contributed by atoms with Gasteiger partial charge in [0.25, 0.3) is 0 Å². The van der Waals surface area contributed by atoms with Gasteiger partial charge in [-0.3, -0.25) is 4.79 Å². The minimum absolute atomic E-state index is 0.0472. The smallest absolute Gasteiger partial charge is 0.201 e. The van der Waals surface area contributed by atoms with E-state index in [0.29, 0.717) is 17.1 Å². The van der Waals surface area contributed by atoms with Crippen molar-refractivity contribution in [3.05, 3.63) is 59.2 Å². The van der Waals surface area contributed by atoms with Crippen molar-refractivity contribution in [1.82, 2.24) is 0 Å². The first-order valence-electron chi connectivity index (χ1n) is 6.80. The number of ketones is 1. The first-order valence-corrected chi connectivity index (χ1v) is 6.80. The molecular weight excluding hydrogens is 280 g/mol. The summed E-state index contributed by atoms with van der Waals surface area (Å²) in [6, 6.07) is 10.7. The van der Waals surface area contributed by atoms with E-state index in [1.807, 2.05) is 25.1 Å². The van der Waals surface area contributed by atoms with Crippen molar-refractivity contribution < 1.29 is 19.4 Å². The average molecular weight is 298 g/mol. The topological polar surface area (TPSA) is 55.8 Å². The van der Waals surface area contributed by atoms with Crippen LogP contribution in [-0.2, 0) is 0 Å². The van der Waals surface area contributed by atoms with Gasteiger partial charge < -0.3 is 14.6 Å². The molecule has 0 aromatic heterocycles. The molecule has 4 nitrogen and oxygen atoms in total. The lowest BCUT2D eigenvalue weighted by molar-refractivity contribution is 0.104. The summed E-state index contributed by atoms with van der Waals surface area (Å²) in [7, 11) is 2.94. The van der Waals surface area contributed by atoms with E-state index < -0.39 is 0 Å². The van der Waals surface area contributed by atoms with Gasteiger partial charge in [0, 0.05) is 11.1 Å². The molecule has 0 aliphatic carbocycles.